The molecule has 0 amide bonds. The van der Waals surface area contributed by atoms with Gasteiger partial charge in [-0.05, 0) is 97.7 Å². The molecule has 0 aromatic rings. The van der Waals surface area contributed by atoms with Gasteiger partial charge in [0.25, 0.3) is 0 Å². The lowest BCUT2D eigenvalue weighted by atomic mass is 9.44. The highest BCUT2D eigenvalue weighted by Gasteiger charge is 2.65. The third kappa shape index (κ3) is 3.65. The van der Waals surface area contributed by atoms with Crippen LogP contribution in [-0.4, -0.2) is 9.15 Å². The Bertz CT molecular complexity index is 587. The van der Waals surface area contributed by atoms with Crippen LogP contribution in [0.2, 0.25) is 0 Å². The molecule has 0 spiro atoms. The highest BCUT2D eigenvalue weighted by Crippen LogP contribution is 2.71. The van der Waals surface area contributed by atoms with E-state index in [9.17, 15) is 0 Å². The minimum Gasteiger partial charge on any atom is -0.0875 e. The Morgan fingerprint density at radius 2 is 1.62 bits per heavy atom. The van der Waals surface area contributed by atoms with E-state index in [1.54, 1.807) is 0 Å². The maximum atomic E-state index is 4.37. The first-order valence-electron chi connectivity index (χ1n) is 13.0. The molecule has 0 radical (unpaired) electrons. The Kier molecular flexibility index (Phi) is 6.69. The molecule has 4 saturated carbocycles. The molecular weight excluding hydrogens is 484 g/mol. The van der Waals surface area contributed by atoms with E-state index in [1.165, 1.54) is 77.0 Å². The van der Waals surface area contributed by atoms with E-state index in [2.05, 4.69) is 66.5 Å². The molecule has 4 aliphatic rings. The second-order valence-corrected chi connectivity index (χ2v) is 15.1. The van der Waals surface area contributed by atoms with Gasteiger partial charge >= 0.3 is 0 Å². The Morgan fingerprint density at radius 3 is 2.34 bits per heavy atom. The largest absolute Gasteiger partial charge is 0.0875 e. The Morgan fingerprint density at radius 1 is 0.862 bits per heavy atom. The van der Waals surface area contributed by atoms with E-state index in [0.29, 0.717) is 20.0 Å². The van der Waals surface area contributed by atoms with Crippen LogP contribution in [0.5, 0.6) is 0 Å². The molecule has 0 heterocycles. The molecule has 0 saturated heterocycles. The molecule has 9 atom stereocenters. The first-order chi connectivity index (χ1) is 13.6. The van der Waals surface area contributed by atoms with Gasteiger partial charge in [-0.2, -0.15) is 0 Å². The summed E-state index contributed by atoms with van der Waals surface area (Å²) in [5, 5.41) is 0. The molecular formula is C27H46Br2. The standard InChI is InChI=1S/C27H46Br2/c1-18(2)8-6-9-19(3)21-11-12-22-20-13-17-27(29)24(28)10-7-15-26(27,5)23(20)14-16-25(21,22)4/h18-24H,6-17H2,1-5H3. The summed E-state index contributed by atoms with van der Waals surface area (Å²) in [5.41, 5.74) is 1.12. The van der Waals surface area contributed by atoms with Crippen LogP contribution in [0.25, 0.3) is 0 Å². The van der Waals surface area contributed by atoms with Crippen LogP contribution in [-0.2, 0) is 0 Å². The maximum Gasteiger partial charge on any atom is 0.0439 e. The zero-order chi connectivity index (χ0) is 21.0. The van der Waals surface area contributed by atoms with Crippen LogP contribution in [0, 0.1) is 46.3 Å². The van der Waals surface area contributed by atoms with E-state index in [1.807, 2.05) is 0 Å². The first-order valence-corrected chi connectivity index (χ1v) is 14.7. The summed E-state index contributed by atoms with van der Waals surface area (Å²) in [5.74, 6) is 5.73. The SMILES string of the molecule is CC(C)CCCC(C)C1CCC2C3CCC4(Br)C(Br)CCCC4(C)C3CCC12C. The number of fused-ring (bicyclic) bond motifs is 5. The van der Waals surface area contributed by atoms with Crippen LogP contribution in [0.1, 0.15) is 112 Å². The number of alkyl halides is 2. The topological polar surface area (TPSA) is 0 Å². The van der Waals surface area contributed by atoms with Crippen LogP contribution >= 0.6 is 31.9 Å². The molecule has 4 rings (SSSR count). The normalized spacial score (nSPS) is 50.7. The fourth-order valence-corrected chi connectivity index (χ4v) is 11.3. The summed E-state index contributed by atoms with van der Waals surface area (Å²) in [4.78, 5) is 0.667. The summed E-state index contributed by atoms with van der Waals surface area (Å²) in [7, 11) is 0. The van der Waals surface area contributed by atoms with Crippen LogP contribution in [0.3, 0.4) is 0 Å². The Hall–Kier alpha value is 0.960. The lowest BCUT2D eigenvalue weighted by Crippen LogP contribution is -2.62. The van der Waals surface area contributed by atoms with Gasteiger partial charge in [0.2, 0.25) is 0 Å². The van der Waals surface area contributed by atoms with Crippen LogP contribution in [0.4, 0.5) is 0 Å². The van der Waals surface area contributed by atoms with Crippen molar-refractivity contribution >= 4 is 31.9 Å². The van der Waals surface area contributed by atoms with Crippen molar-refractivity contribution < 1.29 is 0 Å². The van der Waals surface area contributed by atoms with Crippen LogP contribution < -0.4 is 0 Å². The van der Waals surface area contributed by atoms with Crippen LogP contribution in [0.15, 0.2) is 0 Å². The van der Waals surface area contributed by atoms with Gasteiger partial charge in [0.15, 0.2) is 0 Å². The summed E-state index contributed by atoms with van der Waals surface area (Å²) in [6.07, 6.45) is 17.5. The molecule has 0 N–H and O–H groups in total. The highest BCUT2D eigenvalue weighted by atomic mass is 79.9. The first kappa shape index (κ1) is 23.1. The minimum absolute atomic E-state index is 0.343. The zero-order valence-corrected chi connectivity index (χ0v) is 23.0. The predicted molar refractivity (Wildman–Crippen MR) is 134 cm³/mol. The average molecular weight is 530 g/mol. The Labute approximate surface area is 198 Å². The van der Waals surface area contributed by atoms with Gasteiger partial charge in [0.1, 0.15) is 0 Å². The molecule has 0 aliphatic heterocycles. The second-order valence-electron chi connectivity index (χ2n) is 12.6. The molecule has 9 unspecified atom stereocenters. The van der Waals surface area contributed by atoms with Gasteiger partial charge in [0.05, 0.1) is 0 Å². The minimum atomic E-state index is 0.343. The van der Waals surface area contributed by atoms with E-state index in [0.717, 1.165) is 35.5 Å². The molecule has 0 aromatic heterocycles. The molecule has 4 aliphatic carbocycles. The van der Waals surface area contributed by atoms with Gasteiger partial charge in [-0.25, -0.2) is 0 Å². The van der Waals surface area contributed by atoms with Crippen molar-refractivity contribution in [1.29, 1.82) is 0 Å². The fraction of sp³-hybridized carbons (Fsp3) is 1.00. The van der Waals surface area contributed by atoms with Crippen molar-refractivity contribution in [2.24, 2.45) is 46.3 Å². The monoisotopic (exact) mass is 528 g/mol. The molecule has 2 heteroatoms. The smallest absolute Gasteiger partial charge is 0.0439 e. The molecule has 0 bridgehead atoms. The Balaban J connectivity index is 1.51. The molecule has 29 heavy (non-hydrogen) atoms. The molecule has 0 nitrogen and oxygen atoms in total. The van der Waals surface area contributed by atoms with Gasteiger partial charge in [-0.1, -0.05) is 92.2 Å². The van der Waals surface area contributed by atoms with E-state index < -0.39 is 0 Å². The van der Waals surface area contributed by atoms with Gasteiger partial charge in [-0.15, -0.1) is 0 Å². The number of halogens is 2. The quantitative estimate of drug-likeness (QED) is 0.311. The number of rotatable bonds is 5. The summed E-state index contributed by atoms with van der Waals surface area (Å²) in [6.45, 7) is 12.8. The molecule has 0 aromatic carbocycles. The average Bonchev–Trinajstić information content (AvgIpc) is 3.01. The summed E-state index contributed by atoms with van der Waals surface area (Å²) in [6, 6.07) is 0. The van der Waals surface area contributed by atoms with Crippen molar-refractivity contribution in [3.05, 3.63) is 0 Å². The lowest BCUT2D eigenvalue weighted by Gasteiger charge is -2.65. The lowest BCUT2D eigenvalue weighted by molar-refractivity contribution is -0.0989. The third-order valence-electron chi connectivity index (χ3n) is 10.9. The van der Waals surface area contributed by atoms with Gasteiger partial charge in [0, 0.05) is 9.15 Å². The van der Waals surface area contributed by atoms with Crippen molar-refractivity contribution in [2.45, 2.75) is 121 Å². The van der Waals surface area contributed by atoms with Crippen molar-refractivity contribution in [3.8, 4) is 0 Å². The number of hydrogen-bond acceptors (Lipinski definition) is 0. The van der Waals surface area contributed by atoms with Crippen molar-refractivity contribution in [1.82, 2.24) is 0 Å². The van der Waals surface area contributed by atoms with Gasteiger partial charge < -0.3 is 0 Å². The predicted octanol–water partition coefficient (Wildman–Crippen LogP) is 9.39. The summed E-state index contributed by atoms with van der Waals surface area (Å²) >= 11 is 8.49. The number of hydrogen-bond donors (Lipinski definition) is 0. The zero-order valence-electron chi connectivity index (χ0n) is 19.8. The third-order valence-corrected chi connectivity index (χ3v) is 14.6. The van der Waals surface area contributed by atoms with E-state index in [4.69, 9.17) is 0 Å². The maximum absolute atomic E-state index is 4.37. The van der Waals surface area contributed by atoms with E-state index >= 15 is 0 Å². The van der Waals surface area contributed by atoms with Crippen molar-refractivity contribution in [2.75, 3.05) is 0 Å². The van der Waals surface area contributed by atoms with Gasteiger partial charge in [-0.3, -0.25) is 0 Å². The van der Waals surface area contributed by atoms with E-state index in [-0.39, 0.29) is 0 Å². The highest BCUT2D eigenvalue weighted by molar-refractivity contribution is 9.12. The molecule has 168 valence electrons. The fourth-order valence-electron chi connectivity index (χ4n) is 9.26. The van der Waals surface area contributed by atoms with Crippen molar-refractivity contribution in [3.63, 3.8) is 0 Å². The summed E-state index contributed by atoms with van der Waals surface area (Å²) < 4.78 is 0.343. The second kappa shape index (κ2) is 8.39. The molecule has 4 fully saturated rings.